The van der Waals surface area contributed by atoms with Crippen LogP contribution >= 0.6 is 23.4 Å². The second-order valence-corrected chi connectivity index (χ2v) is 7.51. The number of ether oxygens (including phenoxy) is 1. The molecule has 2 aromatic carbocycles. The first-order chi connectivity index (χ1) is 14.0. The van der Waals surface area contributed by atoms with Crippen LogP contribution in [0.1, 0.15) is 25.8 Å². The summed E-state index contributed by atoms with van der Waals surface area (Å²) in [5.74, 6) is 1.29. The second-order valence-electron chi connectivity index (χ2n) is 6.16. The SMILES string of the molecule is CCn1c(SCC(=O)Nc2cccc(O)c2)nnc1C(C)Oc1ccccc1Cl. The van der Waals surface area contributed by atoms with Gasteiger partial charge in [-0.1, -0.05) is 41.6 Å². The maximum Gasteiger partial charge on any atom is 0.234 e. The summed E-state index contributed by atoms with van der Waals surface area (Å²) in [5.41, 5.74) is 0.537. The van der Waals surface area contributed by atoms with Crippen molar-refractivity contribution in [2.45, 2.75) is 31.7 Å². The molecule has 3 rings (SSSR count). The minimum Gasteiger partial charge on any atom is -0.508 e. The van der Waals surface area contributed by atoms with Crippen LogP contribution in [0.5, 0.6) is 11.5 Å². The standard InChI is InChI=1S/C20H21ClN4O3S/c1-3-25-19(13(2)28-17-10-5-4-9-16(17)21)23-24-20(25)29-12-18(27)22-14-7-6-8-15(26)11-14/h4-11,13,26H,3,12H2,1-2H3,(H,22,27). The van der Waals surface area contributed by atoms with E-state index in [0.717, 1.165) is 0 Å². The number of anilines is 1. The van der Waals surface area contributed by atoms with Crippen LogP contribution in [0.2, 0.25) is 5.02 Å². The summed E-state index contributed by atoms with van der Waals surface area (Å²) >= 11 is 7.45. The number of hydrogen-bond acceptors (Lipinski definition) is 6. The van der Waals surface area contributed by atoms with Crippen LogP contribution in [0.15, 0.2) is 53.7 Å². The Morgan fingerprint density at radius 1 is 1.28 bits per heavy atom. The minimum absolute atomic E-state index is 0.0957. The molecule has 3 aromatic rings. The van der Waals surface area contributed by atoms with E-state index < -0.39 is 0 Å². The molecule has 7 nitrogen and oxygen atoms in total. The third kappa shape index (κ3) is 5.42. The fourth-order valence-electron chi connectivity index (χ4n) is 2.70. The van der Waals surface area contributed by atoms with Crippen molar-refractivity contribution >= 4 is 35.0 Å². The van der Waals surface area contributed by atoms with E-state index in [-0.39, 0.29) is 23.5 Å². The van der Waals surface area contributed by atoms with Gasteiger partial charge in [-0.2, -0.15) is 0 Å². The summed E-state index contributed by atoms with van der Waals surface area (Å²) in [4.78, 5) is 12.2. The lowest BCUT2D eigenvalue weighted by molar-refractivity contribution is -0.113. The lowest BCUT2D eigenvalue weighted by Crippen LogP contribution is -2.15. The number of halogens is 1. The van der Waals surface area contributed by atoms with Gasteiger partial charge in [-0.05, 0) is 38.1 Å². The molecule has 0 aliphatic carbocycles. The molecule has 0 bridgehead atoms. The number of nitrogens with one attached hydrogen (secondary N) is 1. The van der Waals surface area contributed by atoms with Gasteiger partial charge in [0.05, 0.1) is 10.8 Å². The molecule has 2 N–H and O–H groups in total. The average Bonchev–Trinajstić information content (AvgIpc) is 3.11. The molecular weight excluding hydrogens is 412 g/mol. The van der Waals surface area contributed by atoms with Crippen molar-refractivity contribution in [1.82, 2.24) is 14.8 Å². The van der Waals surface area contributed by atoms with Gasteiger partial charge in [0.2, 0.25) is 5.91 Å². The largest absolute Gasteiger partial charge is 0.508 e. The molecule has 152 valence electrons. The summed E-state index contributed by atoms with van der Waals surface area (Å²) in [6, 6.07) is 13.7. The fraction of sp³-hybridized carbons (Fsp3) is 0.250. The second kappa shape index (κ2) is 9.67. The first-order valence-electron chi connectivity index (χ1n) is 9.04. The number of carbonyl (C=O) groups excluding carboxylic acids is 1. The normalized spacial score (nSPS) is 11.8. The lowest BCUT2D eigenvalue weighted by Gasteiger charge is -2.16. The highest BCUT2D eigenvalue weighted by atomic mass is 35.5. The number of phenolic OH excluding ortho intramolecular Hbond substituents is 1. The maximum absolute atomic E-state index is 12.2. The van der Waals surface area contributed by atoms with Crippen molar-refractivity contribution in [3.8, 4) is 11.5 Å². The Morgan fingerprint density at radius 3 is 2.79 bits per heavy atom. The molecule has 29 heavy (non-hydrogen) atoms. The molecule has 0 spiro atoms. The van der Waals surface area contributed by atoms with E-state index in [0.29, 0.717) is 34.0 Å². The third-order valence-electron chi connectivity index (χ3n) is 4.03. The van der Waals surface area contributed by atoms with E-state index in [1.807, 2.05) is 30.5 Å². The number of thioether (sulfide) groups is 1. The van der Waals surface area contributed by atoms with E-state index in [4.69, 9.17) is 16.3 Å². The Labute approximate surface area is 178 Å². The molecule has 0 radical (unpaired) electrons. The molecule has 9 heteroatoms. The van der Waals surface area contributed by atoms with E-state index >= 15 is 0 Å². The number of rotatable bonds is 8. The summed E-state index contributed by atoms with van der Waals surface area (Å²) in [6.07, 6.45) is -0.363. The maximum atomic E-state index is 12.2. The minimum atomic E-state index is -0.363. The van der Waals surface area contributed by atoms with Gasteiger partial charge in [-0.25, -0.2) is 0 Å². The van der Waals surface area contributed by atoms with E-state index in [9.17, 15) is 9.90 Å². The average molecular weight is 433 g/mol. The van der Waals surface area contributed by atoms with Crippen LogP contribution in [0, 0.1) is 0 Å². The zero-order valence-corrected chi connectivity index (χ0v) is 17.6. The molecule has 1 heterocycles. The summed E-state index contributed by atoms with van der Waals surface area (Å²) in [5, 5.41) is 21.8. The molecule has 0 saturated heterocycles. The molecule has 1 atom stereocenters. The number of carbonyl (C=O) groups is 1. The molecule has 1 aromatic heterocycles. The van der Waals surface area contributed by atoms with E-state index in [1.165, 1.54) is 17.8 Å². The predicted octanol–water partition coefficient (Wildman–Crippen LogP) is 4.53. The fourth-order valence-corrected chi connectivity index (χ4v) is 3.69. The van der Waals surface area contributed by atoms with Crippen molar-refractivity contribution in [3.63, 3.8) is 0 Å². The highest BCUT2D eigenvalue weighted by Crippen LogP contribution is 2.29. The monoisotopic (exact) mass is 432 g/mol. The Kier molecular flexibility index (Phi) is 7.00. The van der Waals surface area contributed by atoms with Crippen molar-refractivity contribution in [1.29, 1.82) is 0 Å². The molecule has 1 unspecified atom stereocenters. The number of hydrogen-bond donors (Lipinski definition) is 2. The Hall–Kier alpha value is -2.71. The van der Waals surface area contributed by atoms with Gasteiger partial charge in [0.1, 0.15) is 11.5 Å². The van der Waals surface area contributed by atoms with Gasteiger partial charge in [0.15, 0.2) is 17.1 Å². The smallest absolute Gasteiger partial charge is 0.234 e. The molecule has 0 fully saturated rings. The molecule has 0 aliphatic rings. The van der Waals surface area contributed by atoms with Gasteiger partial charge < -0.3 is 19.7 Å². The number of aromatic hydroxyl groups is 1. The topological polar surface area (TPSA) is 89.3 Å². The quantitative estimate of drug-likeness (QED) is 0.508. The van der Waals surface area contributed by atoms with Gasteiger partial charge in [-0.3, -0.25) is 4.79 Å². The zero-order valence-electron chi connectivity index (χ0n) is 16.0. The predicted molar refractivity (Wildman–Crippen MR) is 114 cm³/mol. The Bertz CT molecular complexity index is 995. The molecular formula is C20H21ClN4O3S. The van der Waals surface area contributed by atoms with Gasteiger partial charge in [0.25, 0.3) is 0 Å². The first-order valence-corrected chi connectivity index (χ1v) is 10.4. The number of nitrogens with zero attached hydrogens (tertiary/aromatic N) is 3. The van der Waals surface area contributed by atoms with Crippen LogP contribution in [0.25, 0.3) is 0 Å². The van der Waals surface area contributed by atoms with Gasteiger partial charge in [-0.15, -0.1) is 10.2 Å². The van der Waals surface area contributed by atoms with Crippen molar-refractivity contribution < 1.29 is 14.6 Å². The third-order valence-corrected chi connectivity index (χ3v) is 5.31. The number of phenols is 1. The van der Waals surface area contributed by atoms with Crippen LogP contribution in [-0.2, 0) is 11.3 Å². The van der Waals surface area contributed by atoms with E-state index in [1.54, 1.807) is 30.3 Å². The Balaban J connectivity index is 1.64. The lowest BCUT2D eigenvalue weighted by atomic mass is 10.3. The number of benzene rings is 2. The summed E-state index contributed by atoms with van der Waals surface area (Å²) < 4.78 is 7.85. The van der Waals surface area contributed by atoms with Crippen LogP contribution in [0.3, 0.4) is 0 Å². The van der Waals surface area contributed by atoms with Crippen molar-refractivity contribution in [2.24, 2.45) is 0 Å². The molecule has 0 aliphatic heterocycles. The number of amides is 1. The summed E-state index contributed by atoms with van der Waals surface area (Å²) in [6.45, 7) is 4.49. The van der Waals surface area contributed by atoms with E-state index in [2.05, 4.69) is 15.5 Å². The van der Waals surface area contributed by atoms with Crippen LogP contribution in [-0.4, -0.2) is 31.5 Å². The molecule has 1 amide bonds. The highest BCUT2D eigenvalue weighted by Gasteiger charge is 2.20. The number of aromatic nitrogens is 3. The zero-order chi connectivity index (χ0) is 20.8. The van der Waals surface area contributed by atoms with Crippen molar-refractivity contribution in [2.75, 3.05) is 11.1 Å². The Morgan fingerprint density at radius 2 is 2.07 bits per heavy atom. The molecule has 0 saturated carbocycles. The highest BCUT2D eigenvalue weighted by molar-refractivity contribution is 7.99. The first kappa shape index (κ1) is 21.0. The van der Waals surface area contributed by atoms with Crippen LogP contribution in [0.4, 0.5) is 5.69 Å². The number of para-hydroxylation sites is 1. The van der Waals surface area contributed by atoms with Crippen molar-refractivity contribution in [3.05, 3.63) is 59.4 Å². The van der Waals surface area contributed by atoms with Gasteiger partial charge >= 0.3 is 0 Å². The summed E-state index contributed by atoms with van der Waals surface area (Å²) in [7, 11) is 0. The van der Waals surface area contributed by atoms with Crippen LogP contribution < -0.4 is 10.1 Å². The van der Waals surface area contributed by atoms with Gasteiger partial charge in [0, 0.05) is 18.3 Å².